The van der Waals surface area contributed by atoms with E-state index < -0.39 is 35.5 Å². The number of hydrogen-bond donors (Lipinski definition) is 2. The number of hydrogen-bond acceptors (Lipinski definition) is 10. The molecule has 2 aliphatic rings. The molecule has 1 amide bonds. The largest absolute Gasteiger partial charge is 0.382 e. The Morgan fingerprint density at radius 3 is 2.56 bits per heavy atom. The van der Waals surface area contributed by atoms with Crippen molar-refractivity contribution in [3.05, 3.63) is 22.6 Å². The van der Waals surface area contributed by atoms with Crippen LogP contribution >= 0.6 is 0 Å². The van der Waals surface area contributed by atoms with Crippen LogP contribution in [0.15, 0.2) is 17.3 Å². The number of carbonyl (C=O) groups excluding carboxylic acids is 1. The molecule has 9 atom stereocenters. The third-order valence-corrected chi connectivity index (χ3v) is 8.50. The lowest BCUT2D eigenvalue weighted by Crippen LogP contribution is -2.62. The highest BCUT2D eigenvalue weighted by Crippen LogP contribution is 2.42. The molecule has 2 heterocycles. The third-order valence-electron chi connectivity index (χ3n) is 8.50. The Bertz CT molecular complexity index is 900. The summed E-state index contributed by atoms with van der Waals surface area (Å²) in [6.07, 6.45) is -2.86. The van der Waals surface area contributed by atoms with Gasteiger partial charge in [0.15, 0.2) is 12.3 Å². The van der Waals surface area contributed by atoms with Crippen LogP contribution in [0.5, 0.6) is 0 Å². The summed E-state index contributed by atoms with van der Waals surface area (Å²) in [6, 6.07) is 0. The molecule has 0 aromatic rings. The van der Waals surface area contributed by atoms with Gasteiger partial charge in [0, 0.05) is 77.1 Å². The second-order valence-corrected chi connectivity index (χ2v) is 11.5. The Labute approximate surface area is 243 Å². The van der Waals surface area contributed by atoms with E-state index in [4.69, 9.17) is 38.7 Å². The highest BCUT2D eigenvalue weighted by atomic mass is 16.7. The summed E-state index contributed by atoms with van der Waals surface area (Å²) in [5, 5.41) is 17.6. The van der Waals surface area contributed by atoms with E-state index >= 15 is 0 Å². The molecular formula is C28H50N4O9. The zero-order valence-corrected chi connectivity index (χ0v) is 25.8. The van der Waals surface area contributed by atoms with Gasteiger partial charge < -0.3 is 43.6 Å². The quantitative estimate of drug-likeness (QED) is 0.0691. The lowest BCUT2D eigenvalue weighted by molar-refractivity contribution is -0.298. The zero-order chi connectivity index (χ0) is 30.8. The van der Waals surface area contributed by atoms with Crippen LogP contribution in [0.2, 0.25) is 0 Å². The predicted octanol–water partition coefficient (Wildman–Crippen LogP) is 3.10. The average Bonchev–Trinajstić information content (AvgIpc) is 2.94. The van der Waals surface area contributed by atoms with Crippen LogP contribution in [0.25, 0.3) is 10.4 Å². The third kappa shape index (κ3) is 8.85. The Morgan fingerprint density at radius 2 is 2.00 bits per heavy atom. The standard InChI is InChI=1S/C28H50N4O9/c1-17-15-28(38-9,41-19(3)18(17)2)24(33)25(34)31-26(39-12-10-11-30-32-29)21-14-22(37-8)27(4,5)23(40-21)13-20(36-7)16-35-6/h18-24,26,33H,1,10-16H2,2-9H3,(H,31,34)/t18-,19-,20+,21+,22-,23-,24-,26+,28-/m1/s1. The van der Waals surface area contributed by atoms with Crippen molar-refractivity contribution < 1.29 is 43.1 Å². The Hall–Kier alpha value is -1.80. The van der Waals surface area contributed by atoms with Crippen LogP contribution in [-0.4, -0.2) is 108 Å². The van der Waals surface area contributed by atoms with Gasteiger partial charge in [0.2, 0.25) is 5.79 Å². The fourth-order valence-electron chi connectivity index (χ4n) is 5.49. The zero-order valence-electron chi connectivity index (χ0n) is 25.8. The number of aliphatic hydroxyl groups excluding tert-OH is 1. The fourth-order valence-corrected chi connectivity index (χ4v) is 5.49. The molecule has 236 valence electrons. The number of rotatable bonds is 16. The van der Waals surface area contributed by atoms with E-state index in [0.717, 1.165) is 5.57 Å². The second kappa shape index (κ2) is 16.2. The molecule has 0 radical (unpaired) electrons. The van der Waals surface area contributed by atoms with E-state index in [1.54, 1.807) is 21.3 Å². The summed E-state index contributed by atoms with van der Waals surface area (Å²) >= 11 is 0. The van der Waals surface area contributed by atoms with Crippen molar-refractivity contribution in [2.24, 2.45) is 16.4 Å². The summed E-state index contributed by atoms with van der Waals surface area (Å²) in [4.78, 5) is 16.3. The van der Waals surface area contributed by atoms with E-state index in [0.29, 0.717) is 25.9 Å². The molecule has 41 heavy (non-hydrogen) atoms. The van der Waals surface area contributed by atoms with E-state index in [1.165, 1.54) is 7.11 Å². The van der Waals surface area contributed by atoms with Gasteiger partial charge in [-0.05, 0) is 18.9 Å². The maximum absolute atomic E-state index is 13.5. The van der Waals surface area contributed by atoms with Crippen molar-refractivity contribution in [2.45, 2.75) is 102 Å². The lowest BCUT2D eigenvalue weighted by atomic mass is 9.74. The first-order chi connectivity index (χ1) is 19.4. The monoisotopic (exact) mass is 586 g/mol. The molecule has 13 nitrogen and oxygen atoms in total. The molecule has 2 aliphatic heterocycles. The van der Waals surface area contributed by atoms with Crippen molar-refractivity contribution in [2.75, 3.05) is 48.2 Å². The van der Waals surface area contributed by atoms with E-state index in [2.05, 4.69) is 35.8 Å². The summed E-state index contributed by atoms with van der Waals surface area (Å²) in [5.74, 6) is -2.30. The summed E-state index contributed by atoms with van der Waals surface area (Å²) in [6.45, 7) is 12.8. The molecule has 0 unspecified atom stereocenters. The lowest BCUT2D eigenvalue weighted by Gasteiger charge is -2.49. The molecule has 2 N–H and O–H groups in total. The second-order valence-electron chi connectivity index (χ2n) is 11.5. The average molecular weight is 587 g/mol. The van der Waals surface area contributed by atoms with Crippen molar-refractivity contribution in [3.63, 3.8) is 0 Å². The van der Waals surface area contributed by atoms with E-state index in [9.17, 15) is 9.90 Å². The minimum absolute atomic E-state index is 0.0385. The van der Waals surface area contributed by atoms with Crippen LogP contribution in [0.4, 0.5) is 0 Å². The molecule has 2 saturated heterocycles. The van der Waals surface area contributed by atoms with Gasteiger partial charge >= 0.3 is 0 Å². The number of amides is 1. The first-order valence-electron chi connectivity index (χ1n) is 14.1. The number of azide groups is 1. The highest BCUT2D eigenvalue weighted by molar-refractivity contribution is 5.82. The van der Waals surface area contributed by atoms with Crippen LogP contribution in [0, 0.1) is 11.3 Å². The number of nitrogens with zero attached hydrogens (tertiary/aromatic N) is 3. The van der Waals surface area contributed by atoms with Crippen LogP contribution in [0.3, 0.4) is 0 Å². The number of aliphatic hydroxyl groups is 1. The Kier molecular flexibility index (Phi) is 13.9. The summed E-state index contributed by atoms with van der Waals surface area (Å²) < 4.78 is 41.1. The van der Waals surface area contributed by atoms with Gasteiger partial charge in [-0.25, -0.2) is 0 Å². The number of ether oxygens (including phenoxy) is 7. The van der Waals surface area contributed by atoms with Gasteiger partial charge in [0.1, 0.15) is 6.10 Å². The highest BCUT2D eigenvalue weighted by Gasteiger charge is 2.52. The molecule has 0 aromatic carbocycles. The van der Waals surface area contributed by atoms with Gasteiger partial charge in [-0.3, -0.25) is 4.79 Å². The topological polar surface area (TPSA) is 163 Å². The minimum Gasteiger partial charge on any atom is -0.382 e. The number of nitrogens with one attached hydrogen (secondary N) is 1. The predicted molar refractivity (Wildman–Crippen MR) is 151 cm³/mol. The normalized spacial score (nSPS) is 32.0. The van der Waals surface area contributed by atoms with Gasteiger partial charge in [0.05, 0.1) is 31.0 Å². The summed E-state index contributed by atoms with van der Waals surface area (Å²) in [5.41, 5.74) is 9.02. The maximum Gasteiger partial charge on any atom is 0.256 e. The Balaban J connectivity index is 2.31. The van der Waals surface area contributed by atoms with E-state index in [-0.39, 0.29) is 49.9 Å². The summed E-state index contributed by atoms with van der Waals surface area (Å²) in [7, 11) is 6.27. The van der Waals surface area contributed by atoms with Gasteiger partial charge in [-0.15, -0.1) is 0 Å². The van der Waals surface area contributed by atoms with Crippen molar-refractivity contribution >= 4 is 5.91 Å². The molecular weight excluding hydrogens is 536 g/mol. The molecule has 0 aliphatic carbocycles. The first kappa shape index (κ1) is 35.4. The van der Waals surface area contributed by atoms with Gasteiger partial charge in [-0.1, -0.05) is 38.0 Å². The minimum atomic E-state index is -1.68. The van der Waals surface area contributed by atoms with Crippen LogP contribution in [-0.2, 0) is 38.0 Å². The van der Waals surface area contributed by atoms with Crippen LogP contribution < -0.4 is 5.32 Å². The molecule has 0 saturated carbocycles. The molecule has 0 bridgehead atoms. The number of carbonyl (C=O) groups is 1. The molecule has 2 rings (SSSR count). The maximum atomic E-state index is 13.5. The fraction of sp³-hybridized carbons (Fsp3) is 0.893. The molecule has 0 aromatic heterocycles. The first-order valence-corrected chi connectivity index (χ1v) is 14.1. The molecule has 13 heteroatoms. The van der Waals surface area contributed by atoms with Crippen molar-refractivity contribution in [1.29, 1.82) is 0 Å². The SMILES string of the molecule is C=C1C[C@](OC)([C@H](O)C(=O)N[C@@H](OCCCN=[N+]=[N-])[C@@H]2C[C@@H](OC)C(C)(C)[C@@H](C[C@@H](COC)OC)O2)O[C@H](C)[C@@H]1C. The van der Waals surface area contributed by atoms with E-state index in [1.807, 2.05) is 13.8 Å². The van der Waals surface area contributed by atoms with Crippen molar-refractivity contribution in [1.82, 2.24) is 5.32 Å². The van der Waals surface area contributed by atoms with Crippen LogP contribution in [0.1, 0.15) is 53.4 Å². The van der Waals surface area contributed by atoms with Crippen molar-refractivity contribution in [3.8, 4) is 0 Å². The van der Waals surface area contributed by atoms with Gasteiger partial charge in [-0.2, -0.15) is 0 Å². The smallest absolute Gasteiger partial charge is 0.256 e. The number of methoxy groups -OCH3 is 4. The Morgan fingerprint density at radius 1 is 1.29 bits per heavy atom. The van der Waals surface area contributed by atoms with Gasteiger partial charge in [0.25, 0.3) is 5.91 Å². The molecule has 2 fully saturated rings. The molecule has 0 spiro atoms.